The average Bonchev–Trinajstić information content (AvgIpc) is 2.48. The predicted molar refractivity (Wildman–Crippen MR) is 87.6 cm³/mol. The van der Waals surface area contributed by atoms with Gasteiger partial charge in [0.1, 0.15) is 0 Å². The van der Waals surface area contributed by atoms with E-state index in [1.165, 1.54) is 19.1 Å². The van der Waals surface area contributed by atoms with Gasteiger partial charge in [0.05, 0.1) is 17.6 Å². The zero-order chi connectivity index (χ0) is 18.3. The number of hydrogen-bond acceptors (Lipinski definition) is 6. The van der Waals surface area contributed by atoms with E-state index < -0.39 is 11.4 Å². The molecule has 1 aromatic carbocycles. The molecule has 6 nitrogen and oxygen atoms in total. The van der Waals surface area contributed by atoms with E-state index >= 15 is 0 Å². The molecule has 0 saturated heterocycles. The fourth-order valence-electron chi connectivity index (χ4n) is 1.70. The van der Waals surface area contributed by atoms with Crippen molar-refractivity contribution in [1.82, 2.24) is 5.32 Å². The molecule has 1 aromatic rings. The Morgan fingerprint density at radius 1 is 1.29 bits per heavy atom. The first-order valence-corrected chi connectivity index (χ1v) is 7.93. The lowest BCUT2D eigenvalue weighted by molar-refractivity contribution is -0.143. The Morgan fingerprint density at radius 3 is 2.46 bits per heavy atom. The molecule has 0 bridgehead atoms. The zero-order valence-electron chi connectivity index (χ0n) is 14.0. The molecule has 1 N–H and O–H groups in total. The van der Waals surface area contributed by atoms with Gasteiger partial charge in [-0.3, -0.25) is 14.4 Å². The third-order valence-corrected chi connectivity index (χ3v) is 3.51. The number of esters is 1. The van der Waals surface area contributed by atoms with Crippen LogP contribution in [0.5, 0.6) is 11.5 Å². The molecule has 132 valence electrons. The summed E-state index contributed by atoms with van der Waals surface area (Å²) in [7, 11) is 0. The van der Waals surface area contributed by atoms with Crippen LogP contribution in [-0.4, -0.2) is 24.9 Å². The Labute approximate surface area is 144 Å². The molecule has 0 unspecified atom stereocenters. The van der Waals surface area contributed by atoms with Gasteiger partial charge in [-0.25, -0.2) is 0 Å². The van der Waals surface area contributed by atoms with Crippen LogP contribution in [-0.2, 0) is 20.8 Å². The second-order valence-corrected chi connectivity index (χ2v) is 6.66. The van der Waals surface area contributed by atoms with E-state index in [0.717, 1.165) is 0 Å². The van der Waals surface area contributed by atoms with Crippen molar-refractivity contribution in [2.45, 2.75) is 39.0 Å². The molecule has 24 heavy (non-hydrogen) atoms. The molecule has 8 heteroatoms. The molecule has 0 aliphatic carbocycles. The van der Waals surface area contributed by atoms with Crippen LogP contribution < -0.4 is 14.8 Å². The summed E-state index contributed by atoms with van der Waals surface area (Å²) in [6, 6.07) is 2.72. The zero-order valence-corrected chi connectivity index (χ0v) is 14.8. The van der Waals surface area contributed by atoms with Crippen molar-refractivity contribution < 1.29 is 27.7 Å². The quantitative estimate of drug-likeness (QED) is 0.459. The second kappa shape index (κ2) is 8.68. The second-order valence-electron chi connectivity index (χ2n) is 6.07. The Bertz CT molecular complexity index is 628. The highest BCUT2D eigenvalue weighted by Gasteiger charge is 2.26. The van der Waals surface area contributed by atoms with Gasteiger partial charge in [-0.1, -0.05) is 0 Å². The van der Waals surface area contributed by atoms with Crippen LogP contribution in [0.4, 0.5) is 3.89 Å². The van der Waals surface area contributed by atoms with Gasteiger partial charge in [0, 0.05) is 24.4 Å². The van der Waals surface area contributed by atoms with Gasteiger partial charge in [-0.05, 0) is 38.8 Å². The molecule has 1 amide bonds. The Balaban J connectivity index is 3.15. The van der Waals surface area contributed by atoms with Crippen LogP contribution in [0.15, 0.2) is 17.0 Å². The van der Waals surface area contributed by atoms with Crippen molar-refractivity contribution in [3.05, 3.63) is 17.7 Å². The van der Waals surface area contributed by atoms with Crippen LogP contribution in [0.1, 0.15) is 33.3 Å². The molecule has 0 aliphatic heterocycles. The van der Waals surface area contributed by atoms with Gasteiger partial charge in [-0.2, -0.15) is 3.89 Å². The number of carbonyl (C=O) groups excluding carboxylic acids is 3. The van der Waals surface area contributed by atoms with Gasteiger partial charge in [0.2, 0.25) is 5.91 Å². The van der Waals surface area contributed by atoms with Crippen molar-refractivity contribution in [3.63, 3.8) is 0 Å². The van der Waals surface area contributed by atoms with Crippen molar-refractivity contribution in [2.75, 3.05) is 6.54 Å². The lowest BCUT2D eigenvalue weighted by Gasteiger charge is -2.18. The number of ether oxygens (including phenoxy) is 2. The Morgan fingerprint density at radius 2 is 1.96 bits per heavy atom. The number of amides is 1. The maximum atomic E-state index is 13.2. The topological polar surface area (TPSA) is 81.7 Å². The van der Waals surface area contributed by atoms with E-state index in [0.29, 0.717) is 18.5 Å². The van der Waals surface area contributed by atoms with Crippen molar-refractivity contribution in [1.29, 1.82) is 0 Å². The summed E-state index contributed by atoms with van der Waals surface area (Å²) >= 11 is -0.0217. The molecule has 0 heterocycles. The maximum absolute atomic E-state index is 13.2. The number of carbonyl (C=O) groups is 3. The molecular formula is C16H20FNO5S. The number of benzene rings is 1. The summed E-state index contributed by atoms with van der Waals surface area (Å²) in [4.78, 5) is 33.8. The lowest BCUT2D eigenvalue weighted by Crippen LogP contribution is -2.26. The predicted octanol–water partition coefficient (Wildman–Crippen LogP) is 2.83. The molecular weight excluding hydrogens is 337 g/mol. The van der Waals surface area contributed by atoms with Crippen molar-refractivity contribution in [2.24, 2.45) is 5.41 Å². The molecule has 0 aromatic heterocycles. The third kappa shape index (κ3) is 5.84. The minimum Gasteiger partial charge on any atom is -0.425 e. The van der Waals surface area contributed by atoms with Crippen molar-refractivity contribution >= 4 is 30.5 Å². The molecule has 0 fully saturated rings. The summed E-state index contributed by atoms with van der Waals surface area (Å²) < 4.78 is 23.2. The standard InChI is InChI=1S/C16H20FNO5S/c1-10(20)18-6-5-11-7-13(23-15(21)16(2,3)4)12(22-9-19)8-14(11)24-17/h7-9H,5-6H2,1-4H3,(H,18,20). The number of halogens is 1. The SMILES string of the molecule is CC(=O)NCCc1cc(OC(=O)C(C)(C)C)c(OC=O)cc1SF. The van der Waals surface area contributed by atoms with Gasteiger partial charge < -0.3 is 14.8 Å². The smallest absolute Gasteiger partial charge is 0.316 e. The maximum Gasteiger partial charge on any atom is 0.316 e. The van der Waals surface area contributed by atoms with E-state index in [-0.39, 0.29) is 40.9 Å². The highest BCUT2D eigenvalue weighted by atomic mass is 32.2. The normalized spacial score (nSPS) is 10.9. The summed E-state index contributed by atoms with van der Waals surface area (Å²) in [6.07, 6.45) is 0.327. The molecule has 0 atom stereocenters. The molecule has 0 radical (unpaired) electrons. The van der Waals surface area contributed by atoms with Crippen molar-refractivity contribution in [3.8, 4) is 11.5 Å². The monoisotopic (exact) mass is 357 g/mol. The highest BCUT2D eigenvalue weighted by molar-refractivity contribution is 7.94. The fraction of sp³-hybridized carbons (Fsp3) is 0.438. The molecule has 0 spiro atoms. The van der Waals surface area contributed by atoms with Crippen LogP contribution in [0.2, 0.25) is 0 Å². The largest absolute Gasteiger partial charge is 0.425 e. The summed E-state index contributed by atoms with van der Waals surface area (Å²) in [6.45, 7) is 6.89. The third-order valence-electron chi connectivity index (χ3n) is 2.97. The first-order chi connectivity index (χ1) is 11.2. The number of rotatable bonds is 7. The fourth-order valence-corrected chi connectivity index (χ4v) is 2.11. The summed E-state index contributed by atoms with van der Waals surface area (Å²) in [5, 5.41) is 2.60. The van der Waals surface area contributed by atoms with E-state index in [9.17, 15) is 18.3 Å². The first kappa shape index (κ1) is 20.0. The van der Waals surface area contributed by atoms with Gasteiger partial charge in [0.25, 0.3) is 6.47 Å². The van der Waals surface area contributed by atoms with Crippen LogP contribution in [0.3, 0.4) is 0 Å². The highest BCUT2D eigenvalue weighted by Crippen LogP contribution is 2.37. The molecule has 0 aliphatic rings. The van der Waals surface area contributed by atoms with E-state index in [1.54, 1.807) is 20.8 Å². The lowest BCUT2D eigenvalue weighted by atomic mass is 9.97. The van der Waals surface area contributed by atoms with Crippen LogP contribution >= 0.6 is 12.1 Å². The van der Waals surface area contributed by atoms with E-state index in [2.05, 4.69) is 5.32 Å². The number of hydrogen-bond donors (Lipinski definition) is 1. The minimum absolute atomic E-state index is 0.0217. The van der Waals surface area contributed by atoms with Gasteiger partial charge >= 0.3 is 5.97 Å². The first-order valence-electron chi connectivity index (χ1n) is 7.21. The van der Waals surface area contributed by atoms with Gasteiger partial charge in [-0.15, -0.1) is 0 Å². The molecule has 0 saturated carbocycles. The van der Waals surface area contributed by atoms with E-state index in [4.69, 9.17) is 9.47 Å². The molecule has 1 rings (SSSR count). The summed E-state index contributed by atoms with van der Waals surface area (Å²) in [5.74, 6) is -0.750. The minimum atomic E-state index is -0.762. The Hall–Kier alpha value is -2.09. The van der Waals surface area contributed by atoms with E-state index in [1.807, 2.05) is 0 Å². The van der Waals surface area contributed by atoms with Crippen LogP contribution in [0.25, 0.3) is 0 Å². The average molecular weight is 357 g/mol. The van der Waals surface area contributed by atoms with Gasteiger partial charge in [0.15, 0.2) is 11.5 Å². The Kier molecular flexibility index (Phi) is 7.21. The summed E-state index contributed by atoms with van der Waals surface area (Å²) in [5.41, 5.74) is -0.242. The van der Waals surface area contributed by atoms with Crippen LogP contribution in [0, 0.1) is 5.41 Å². The number of nitrogens with one attached hydrogen (secondary N) is 1.